The number of rotatable bonds is 9. The van der Waals surface area contributed by atoms with Gasteiger partial charge in [0.2, 0.25) is 11.8 Å². The molecule has 2 aliphatic rings. The zero-order chi connectivity index (χ0) is 27.2. The van der Waals surface area contributed by atoms with Crippen LogP contribution in [0.5, 0.6) is 0 Å². The van der Waals surface area contributed by atoms with E-state index < -0.39 is 23.7 Å². The van der Waals surface area contributed by atoms with Gasteiger partial charge in [-0.2, -0.15) is 0 Å². The summed E-state index contributed by atoms with van der Waals surface area (Å²) in [5.41, 5.74) is 7.29. The molecule has 0 saturated heterocycles. The number of nitrogens with one attached hydrogen (secondary N) is 2. The zero-order valence-electron chi connectivity index (χ0n) is 23.1. The number of amides is 3. The first-order chi connectivity index (χ1) is 17.4. The number of halogens is 1. The fourth-order valence-corrected chi connectivity index (χ4v) is 5.63. The van der Waals surface area contributed by atoms with Gasteiger partial charge in [0.05, 0.1) is 19.3 Å². The van der Waals surface area contributed by atoms with Crippen molar-refractivity contribution in [2.24, 2.45) is 16.6 Å². The lowest BCUT2D eigenvalue weighted by Crippen LogP contribution is -2.51. The number of carbonyl (C=O) groups is 3. The third-order valence-electron chi connectivity index (χ3n) is 7.85. The van der Waals surface area contributed by atoms with Crippen LogP contribution in [0.25, 0.3) is 0 Å². The lowest BCUT2D eigenvalue weighted by molar-refractivity contribution is -0.132. The molecule has 1 heterocycles. The van der Waals surface area contributed by atoms with Crippen LogP contribution in [0.2, 0.25) is 0 Å². The summed E-state index contributed by atoms with van der Waals surface area (Å²) in [7, 11) is 1.32. The highest BCUT2D eigenvalue weighted by molar-refractivity contribution is 5.95. The van der Waals surface area contributed by atoms with Gasteiger partial charge in [0.25, 0.3) is 0 Å². The Hall–Kier alpha value is -2.36. The van der Waals surface area contributed by atoms with E-state index in [1.54, 1.807) is 4.90 Å². The molecule has 0 spiro atoms. The number of anilines is 1. The lowest BCUT2D eigenvalue weighted by atomic mass is 9.75. The van der Waals surface area contributed by atoms with Gasteiger partial charge in [-0.25, -0.2) is 4.79 Å². The first kappa shape index (κ1) is 31.9. The molecule has 9 nitrogen and oxygen atoms in total. The number of hydrogen-bond acceptors (Lipinski definition) is 6. The Kier molecular flexibility index (Phi) is 11.4. The summed E-state index contributed by atoms with van der Waals surface area (Å²) >= 11 is 0. The number of carbonyl (C=O) groups excluding carboxylic acids is 3. The molecule has 0 radical (unpaired) electrons. The zero-order valence-corrected chi connectivity index (χ0v) is 23.9. The number of aliphatic hydroxyl groups excluding tert-OH is 1. The van der Waals surface area contributed by atoms with Gasteiger partial charge in [0, 0.05) is 36.7 Å². The second kappa shape index (κ2) is 13.6. The second-order valence-corrected chi connectivity index (χ2v) is 11.8. The minimum Gasteiger partial charge on any atom is -0.453 e. The normalized spacial score (nSPS) is 20.3. The summed E-state index contributed by atoms with van der Waals surface area (Å²) in [6.07, 6.45) is 4.80. The maximum atomic E-state index is 13.5. The van der Waals surface area contributed by atoms with Crippen molar-refractivity contribution >= 4 is 36.0 Å². The van der Waals surface area contributed by atoms with Gasteiger partial charge in [-0.3, -0.25) is 9.59 Å². The number of ether oxygens (including phenoxy) is 1. The van der Waals surface area contributed by atoms with Gasteiger partial charge in [-0.05, 0) is 42.7 Å². The smallest absolute Gasteiger partial charge is 0.407 e. The average Bonchev–Trinajstić information content (AvgIpc) is 2.86. The highest BCUT2D eigenvalue weighted by Gasteiger charge is 2.36. The van der Waals surface area contributed by atoms with E-state index in [-0.39, 0.29) is 48.6 Å². The van der Waals surface area contributed by atoms with E-state index in [1.165, 1.54) is 7.11 Å². The van der Waals surface area contributed by atoms with Crippen LogP contribution in [0, 0.1) is 10.8 Å². The number of methoxy groups -OCH3 is 1. The Morgan fingerprint density at radius 2 is 1.87 bits per heavy atom. The van der Waals surface area contributed by atoms with Crippen molar-refractivity contribution in [1.29, 1.82) is 0 Å². The molecule has 3 rings (SSSR count). The number of benzene rings is 1. The second-order valence-electron chi connectivity index (χ2n) is 11.8. The molecule has 0 bridgehead atoms. The van der Waals surface area contributed by atoms with Crippen molar-refractivity contribution < 1.29 is 24.2 Å². The highest BCUT2D eigenvalue weighted by atomic mass is 35.5. The predicted octanol–water partition coefficient (Wildman–Crippen LogP) is 3.30. The topological polar surface area (TPSA) is 134 Å². The molecule has 1 aliphatic heterocycles. The summed E-state index contributed by atoms with van der Waals surface area (Å²) in [5.74, 6) is -0.0965. The lowest BCUT2D eigenvalue weighted by Gasteiger charge is -2.37. The SMILES string of the molecule is COC(=O)NC1Cc2ccccc2N(C(=O)CC(C)(C)C[C@H](N)[C@@H](O)CNC(=O)C2(C)CCCCC2)C1.Cl. The number of fused-ring (bicyclic) bond motifs is 1. The summed E-state index contributed by atoms with van der Waals surface area (Å²) in [6.45, 7) is 6.35. The molecule has 3 atom stereocenters. The molecular formula is C28H45ClN4O5. The number of hydrogen-bond donors (Lipinski definition) is 4. The molecular weight excluding hydrogens is 508 g/mol. The number of nitrogens with zero attached hydrogens (tertiary/aromatic N) is 1. The molecule has 1 unspecified atom stereocenters. The van der Waals surface area contributed by atoms with Gasteiger partial charge < -0.3 is 31.1 Å². The van der Waals surface area contributed by atoms with Crippen molar-refractivity contribution in [2.75, 3.05) is 25.1 Å². The maximum absolute atomic E-state index is 13.5. The first-order valence-corrected chi connectivity index (χ1v) is 13.4. The Labute approximate surface area is 232 Å². The fourth-order valence-electron chi connectivity index (χ4n) is 5.63. The van der Waals surface area contributed by atoms with E-state index in [0.29, 0.717) is 19.4 Å². The Bertz CT molecular complexity index is 966. The Morgan fingerprint density at radius 3 is 2.53 bits per heavy atom. The van der Waals surface area contributed by atoms with Crippen molar-refractivity contribution in [3.63, 3.8) is 0 Å². The van der Waals surface area contributed by atoms with Crippen molar-refractivity contribution in [3.8, 4) is 0 Å². The molecule has 5 N–H and O–H groups in total. The van der Waals surface area contributed by atoms with Crippen LogP contribution in [0.15, 0.2) is 24.3 Å². The number of para-hydroxylation sites is 1. The molecule has 1 fully saturated rings. The molecule has 38 heavy (non-hydrogen) atoms. The summed E-state index contributed by atoms with van der Waals surface area (Å²) < 4.78 is 4.74. The standard InChI is InChI=1S/C28H44N4O5.ClH/c1-27(2,15-21(29)23(33)17-30-25(35)28(3)12-8-5-9-13-28)16-24(34)32-18-20(31-26(36)37-4)14-19-10-6-7-11-22(19)32;/h6-7,10-11,20-21,23,33H,5,8-9,12-18,29H2,1-4H3,(H,30,35)(H,31,36);1H/t20?,21-,23-;/m0./s1. The summed E-state index contributed by atoms with van der Waals surface area (Å²) in [4.78, 5) is 39.7. The van der Waals surface area contributed by atoms with Crippen molar-refractivity contribution in [2.45, 2.75) is 90.3 Å². The van der Waals surface area contributed by atoms with Gasteiger partial charge in [0.1, 0.15) is 0 Å². The van der Waals surface area contributed by atoms with Crippen LogP contribution in [-0.4, -0.2) is 61.4 Å². The minimum atomic E-state index is -0.908. The van der Waals surface area contributed by atoms with E-state index in [1.807, 2.05) is 45.0 Å². The molecule has 10 heteroatoms. The van der Waals surface area contributed by atoms with E-state index in [2.05, 4.69) is 10.6 Å². The van der Waals surface area contributed by atoms with E-state index in [4.69, 9.17) is 10.5 Å². The van der Waals surface area contributed by atoms with Gasteiger partial charge >= 0.3 is 6.09 Å². The van der Waals surface area contributed by atoms with Crippen LogP contribution in [-0.2, 0) is 20.7 Å². The third kappa shape index (κ3) is 8.32. The Morgan fingerprint density at radius 1 is 1.21 bits per heavy atom. The monoisotopic (exact) mass is 552 g/mol. The average molecular weight is 553 g/mol. The molecule has 1 aliphatic carbocycles. The van der Waals surface area contributed by atoms with Crippen molar-refractivity contribution in [3.05, 3.63) is 29.8 Å². The number of aliphatic hydroxyl groups is 1. The molecule has 1 aromatic rings. The third-order valence-corrected chi connectivity index (χ3v) is 7.85. The van der Waals surface area contributed by atoms with Crippen molar-refractivity contribution in [1.82, 2.24) is 10.6 Å². The number of alkyl carbamates (subject to hydrolysis) is 1. The highest BCUT2D eigenvalue weighted by Crippen LogP contribution is 2.36. The summed E-state index contributed by atoms with van der Waals surface area (Å²) in [5, 5.41) is 16.4. The van der Waals surface area contributed by atoms with Crippen LogP contribution in [0.3, 0.4) is 0 Å². The maximum Gasteiger partial charge on any atom is 0.407 e. The van der Waals surface area contributed by atoms with Crippen LogP contribution < -0.4 is 21.3 Å². The van der Waals surface area contributed by atoms with Gasteiger partial charge in [-0.1, -0.05) is 58.2 Å². The van der Waals surface area contributed by atoms with E-state index >= 15 is 0 Å². The van der Waals surface area contributed by atoms with Crippen LogP contribution in [0.1, 0.15) is 71.3 Å². The van der Waals surface area contributed by atoms with E-state index in [0.717, 1.165) is 43.4 Å². The molecule has 1 saturated carbocycles. The molecule has 1 aromatic carbocycles. The largest absolute Gasteiger partial charge is 0.453 e. The molecule has 3 amide bonds. The molecule has 0 aromatic heterocycles. The van der Waals surface area contributed by atoms with Gasteiger partial charge in [0.15, 0.2) is 0 Å². The first-order valence-electron chi connectivity index (χ1n) is 13.4. The van der Waals surface area contributed by atoms with E-state index in [9.17, 15) is 19.5 Å². The van der Waals surface area contributed by atoms with Crippen LogP contribution in [0.4, 0.5) is 10.5 Å². The summed E-state index contributed by atoms with van der Waals surface area (Å²) in [6, 6.07) is 6.84. The Balaban J connectivity index is 0.00000507. The quantitative estimate of drug-likeness (QED) is 0.371. The minimum absolute atomic E-state index is 0. The predicted molar refractivity (Wildman–Crippen MR) is 150 cm³/mol. The van der Waals surface area contributed by atoms with Gasteiger partial charge in [-0.15, -0.1) is 12.4 Å². The fraction of sp³-hybridized carbons (Fsp3) is 0.679. The number of nitrogens with two attached hydrogens (primary N) is 1. The van der Waals surface area contributed by atoms with Crippen LogP contribution >= 0.6 is 12.4 Å². The molecule has 214 valence electrons.